The van der Waals surface area contributed by atoms with Crippen LogP contribution in [-0.2, 0) is 17.6 Å². The van der Waals surface area contributed by atoms with Crippen molar-refractivity contribution in [2.75, 3.05) is 17.2 Å². The average Bonchev–Trinajstić information content (AvgIpc) is 2.53. The van der Waals surface area contributed by atoms with Gasteiger partial charge in [-0.25, -0.2) is 0 Å². The Morgan fingerprint density at radius 3 is 2.78 bits per heavy atom. The maximum absolute atomic E-state index is 12.6. The lowest BCUT2D eigenvalue weighted by Gasteiger charge is -2.30. The first kappa shape index (κ1) is 17.4. The third-order valence-corrected chi connectivity index (χ3v) is 4.32. The van der Waals surface area contributed by atoms with Gasteiger partial charge in [-0.2, -0.15) is 0 Å². The number of carbonyl (C=O) groups excluding carboxylic acids is 1. The van der Waals surface area contributed by atoms with E-state index in [0.29, 0.717) is 12.8 Å². The van der Waals surface area contributed by atoms with Crippen LogP contribution in [0.3, 0.4) is 0 Å². The Morgan fingerprint density at radius 1 is 1.22 bits per heavy atom. The third kappa shape index (κ3) is 3.85. The molecule has 1 heterocycles. The zero-order valence-electron chi connectivity index (χ0n) is 13.4. The second kappa shape index (κ2) is 7.51. The average molecular weight is 331 g/mol. The van der Waals surface area contributed by atoms with Crippen molar-refractivity contribution in [3.05, 3.63) is 59.2 Å². The summed E-state index contributed by atoms with van der Waals surface area (Å²) in [5.74, 6) is 0.188. The molecule has 1 amide bonds. The molecule has 23 heavy (non-hydrogen) atoms. The van der Waals surface area contributed by atoms with Gasteiger partial charge < -0.3 is 10.6 Å². The number of halogens is 1. The Hall–Kier alpha value is -2.00. The number of para-hydroxylation sites is 1. The summed E-state index contributed by atoms with van der Waals surface area (Å²) in [6.07, 6.45) is 3.30. The predicted molar refractivity (Wildman–Crippen MR) is 98.3 cm³/mol. The Kier molecular flexibility index (Phi) is 5.67. The fourth-order valence-corrected chi connectivity index (χ4v) is 3.12. The number of hydrogen-bond donors (Lipinski definition) is 1. The van der Waals surface area contributed by atoms with Crippen molar-refractivity contribution in [1.82, 2.24) is 0 Å². The second-order valence-corrected chi connectivity index (χ2v) is 5.98. The molecule has 122 valence electrons. The van der Waals surface area contributed by atoms with Crippen molar-refractivity contribution in [2.24, 2.45) is 0 Å². The smallest absolute Gasteiger partial charge is 0.227 e. The minimum absolute atomic E-state index is 0. The summed E-state index contributed by atoms with van der Waals surface area (Å²) in [6, 6.07) is 14.1. The first-order valence-electron chi connectivity index (χ1n) is 7.88. The number of anilines is 2. The van der Waals surface area contributed by atoms with Gasteiger partial charge in [0.2, 0.25) is 5.91 Å². The van der Waals surface area contributed by atoms with Crippen LogP contribution in [0.1, 0.15) is 29.5 Å². The van der Waals surface area contributed by atoms with Crippen LogP contribution in [0.4, 0.5) is 11.4 Å². The molecule has 2 N–H and O–H groups in total. The molecular formula is C19H23ClN2O. The lowest BCUT2D eigenvalue weighted by atomic mass is 9.98. The fraction of sp³-hybridized carbons (Fsp3) is 0.316. The van der Waals surface area contributed by atoms with Gasteiger partial charge in [-0.3, -0.25) is 4.79 Å². The molecule has 0 spiro atoms. The summed E-state index contributed by atoms with van der Waals surface area (Å²) in [6.45, 7) is 2.92. The Balaban J connectivity index is 0.00000192. The van der Waals surface area contributed by atoms with Crippen LogP contribution < -0.4 is 10.6 Å². The molecule has 0 unspecified atom stereocenters. The monoisotopic (exact) mass is 330 g/mol. The molecule has 0 aromatic heterocycles. The number of nitrogens with two attached hydrogens (primary N) is 1. The fourth-order valence-electron chi connectivity index (χ4n) is 3.12. The molecular weight excluding hydrogens is 308 g/mol. The molecule has 0 aliphatic carbocycles. The molecule has 0 atom stereocenters. The van der Waals surface area contributed by atoms with Gasteiger partial charge in [-0.1, -0.05) is 35.9 Å². The van der Waals surface area contributed by atoms with E-state index in [1.807, 2.05) is 29.2 Å². The van der Waals surface area contributed by atoms with Gasteiger partial charge in [-0.05, 0) is 49.4 Å². The molecule has 0 radical (unpaired) electrons. The van der Waals surface area contributed by atoms with E-state index in [2.05, 4.69) is 25.1 Å². The summed E-state index contributed by atoms with van der Waals surface area (Å²) in [4.78, 5) is 14.6. The molecule has 2 aromatic carbocycles. The Labute approximate surface area is 143 Å². The van der Waals surface area contributed by atoms with Crippen LogP contribution in [0, 0.1) is 6.92 Å². The molecule has 1 aliphatic heterocycles. The predicted octanol–water partition coefficient (Wildman–Crippen LogP) is 3.91. The summed E-state index contributed by atoms with van der Waals surface area (Å²) in [5.41, 5.74) is 11.4. The van der Waals surface area contributed by atoms with Crippen molar-refractivity contribution in [3.63, 3.8) is 0 Å². The Bertz CT molecular complexity index is 700. The minimum Gasteiger partial charge on any atom is -0.399 e. The van der Waals surface area contributed by atoms with Crippen molar-refractivity contribution < 1.29 is 4.79 Å². The largest absolute Gasteiger partial charge is 0.399 e. The van der Waals surface area contributed by atoms with Gasteiger partial charge in [-0.15, -0.1) is 12.4 Å². The Morgan fingerprint density at radius 2 is 2.00 bits per heavy atom. The number of benzene rings is 2. The summed E-state index contributed by atoms with van der Waals surface area (Å²) < 4.78 is 0. The molecule has 0 saturated heterocycles. The van der Waals surface area contributed by atoms with Crippen LogP contribution in [-0.4, -0.2) is 12.5 Å². The third-order valence-electron chi connectivity index (χ3n) is 4.32. The van der Waals surface area contributed by atoms with Crippen LogP contribution >= 0.6 is 12.4 Å². The van der Waals surface area contributed by atoms with Crippen LogP contribution in [0.5, 0.6) is 0 Å². The minimum atomic E-state index is 0. The van der Waals surface area contributed by atoms with Crippen molar-refractivity contribution in [3.8, 4) is 0 Å². The van der Waals surface area contributed by atoms with E-state index in [1.165, 1.54) is 11.1 Å². The molecule has 4 heteroatoms. The number of nitrogen functional groups attached to an aromatic ring is 1. The first-order valence-corrected chi connectivity index (χ1v) is 7.88. The number of rotatable bonds is 3. The second-order valence-electron chi connectivity index (χ2n) is 5.98. The molecule has 0 fully saturated rings. The maximum Gasteiger partial charge on any atom is 0.227 e. The van der Waals surface area contributed by atoms with Gasteiger partial charge in [0, 0.05) is 24.3 Å². The molecule has 1 aliphatic rings. The zero-order chi connectivity index (χ0) is 15.5. The lowest BCUT2D eigenvalue weighted by molar-refractivity contribution is -0.118. The quantitative estimate of drug-likeness (QED) is 0.867. The molecule has 3 rings (SSSR count). The van der Waals surface area contributed by atoms with E-state index in [0.717, 1.165) is 36.3 Å². The number of amides is 1. The highest BCUT2D eigenvalue weighted by atomic mass is 35.5. The summed E-state index contributed by atoms with van der Waals surface area (Å²) in [5, 5.41) is 0. The molecule has 2 aromatic rings. The maximum atomic E-state index is 12.6. The highest BCUT2D eigenvalue weighted by Crippen LogP contribution is 2.28. The number of aryl methyl sites for hydroxylation is 3. The van der Waals surface area contributed by atoms with Gasteiger partial charge in [0.05, 0.1) is 0 Å². The molecule has 3 nitrogen and oxygen atoms in total. The number of nitrogens with zero attached hydrogens (tertiary/aromatic N) is 1. The molecule has 0 saturated carbocycles. The van der Waals surface area contributed by atoms with Crippen molar-refractivity contribution in [1.29, 1.82) is 0 Å². The highest BCUT2D eigenvalue weighted by Gasteiger charge is 2.22. The van der Waals surface area contributed by atoms with Crippen LogP contribution in [0.25, 0.3) is 0 Å². The van der Waals surface area contributed by atoms with Gasteiger partial charge in [0.25, 0.3) is 0 Å². The van der Waals surface area contributed by atoms with E-state index in [1.54, 1.807) is 0 Å². The van der Waals surface area contributed by atoms with E-state index < -0.39 is 0 Å². The summed E-state index contributed by atoms with van der Waals surface area (Å²) >= 11 is 0. The lowest BCUT2D eigenvalue weighted by Crippen LogP contribution is -2.35. The van der Waals surface area contributed by atoms with E-state index in [9.17, 15) is 4.79 Å². The van der Waals surface area contributed by atoms with Crippen molar-refractivity contribution in [2.45, 2.75) is 32.6 Å². The topological polar surface area (TPSA) is 46.3 Å². The van der Waals surface area contributed by atoms with Gasteiger partial charge in [0.1, 0.15) is 0 Å². The normalized spacial score (nSPS) is 13.2. The van der Waals surface area contributed by atoms with E-state index in [4.69, 9.17) is 5.73 Å². The van der Waals surface area contributed by atoms with Crippen LogP contribution in [0.15, 0.2) is 42.5 Å². The van der Waals surface area contributed by atoms with Crippen LogP contribution in [0.2, 0.25) is 0 Å². The van der Waals surface area contributed by atoms with Gasteiger partial charge in [0.15, 0.2) is 0 Å². The van der Waals surface area contributed by atoms with E-state index in [-0.39, 0.29) is 18.3 Å². The number of fused-ring (bicyclic) bond motifs is 1. The summed E-state index contributed by atoms with van der Waals surface area (Å²) in [7, 11) is 0. The van der Waals surface area contributed by atoms with Gasteiger partial charge >= 0.3 is 0 Å². The first-order chi connectivity index (χ1) is 10.6. The van der Waals surface area contributed by atoms with E-state index >= 15 is 0 Å². The zero-order valence-corrected chi connectivity index (χ0v) is 14.2. The highest BCUT2D eigenvalue weighted by molar-refractivity contribution is 5.94. The molecule has 0 bridgehead atoms. The van der Waals surface area contributed by atoms with Crippen molar-refractivity contribution >= 4 is 29.7 Å². The standard InChI is InChI=1S/C19H22N2O.ClH/c1-14-8-10-18-16(13-14)6-4-12-21(18)19(22)11-9-15-5-2-3-7-17(15)20;/h2-3,5,7-8,10,13H,4,6,9,11-12,20H2,1H3;1H. The SMILES string of the molecule is Cc1ccc2c(c1)CCCN2C(=O)CCc1ccccc1N.Cl. The number of hydrogen-bond acceptors (Lipinski definition) is 2. The number of carbonyl (C=O) groups is 1.